The monoisotopic (exact) mass is 348 g/mol. The fourth-order valence-electron chi connectivity index (χ4n) is 3.54. The Hall–Kier alpha value is -0.820. The van der Waals surface area contributed by atoms with E-state index in [9.17, 15) is 18.0 Å². The van der Waals surface area contributed by atoms with Crippen molar-refractivity contribution in [2.24, 2.45) is 11.8 Å². The van der Waals surface area contributed by atoms with E-state index in [4.69, 9.17) is 10.7 Å². The van der Waals surface area contributed by atoms with E-state index in [1.54, 1.807) is 4.90 Å². The van der Waals surface area contributed by atoms with Crippen LogP contribution in [0.2, 0.25) is 0 Å². The maximum absolute atomic E-state index is 12.1. The number of rotatable bonds is 4. The third kappa shape index (κ3) is 3.74. The Labute approximate surface area is 135 Å². The second-order valence-electron chi connectivity index (χ2n) is 6.65. The number of amides is 2. The van der Waals surface area contributed by atoms with E-state index in [2.05, 4.69) is 0 Å². The fourth-order valence-corrected chi connectivity index (χ4v) is 4.86. The van der Waals surface area contributed by atoms with Crippen molar-refractivity contribution < 1.29 is 18.0 Å². The second-order valence-corrected chi connectivity index (χ2v) is 9.47. The Kier molecular flexibility index (Phi) is 4.38. The number of likely N-dealkylation sites (tertiary alicyclic amines) is 2. The molecule has 0 aromatic heterocycles. The predicted octanol–water partition coefficient (Wildman–Crippen LogP) is 0.805. The van der Waals surface area contributed by atoms with Crippen molar-refractivity contribution in [3.8, 4) is 0 Å². The van der Waals surface area contributed by atoms with Crippen LogP contribution in [0.1, 0.15) is 32.1 Å². The van der Waals surface area contributed by atoms with Gasteiger partial charge in [0, 0.05) is 54.6 Å². The van der Waals surface area contributed by atoms with Gasteiger partial charge in [0.2, 0.25) is 20.9 Å². The van der Waals surface area contributed by atoms with Gasteiger partial charge in [-0.2, -0.15) is 0 Å². The highest BCUT2D eigenvalue weighted by molar-refractivity contribution is 8.13. The predicted molar refractivity (Wildman–Crippen MR) is 81.8 cm³/mol. The largest absolute Gasteiger partial charge is 0.342 e. The van der Waals surface area contributed by atoms with Crippen molar-refractivity contribution in [1.29, 1.82) is 0 Å². The minimum Gasteiger partial charge on any atom is -0.342 e. The molecule has 0 radical (unpaired) electrons. The van der Waals surface area contributed by atoms with E-state index in [1.165, 1.54) is 0 Å². The normalized spacial score (nSPS) is 27.5. The highest BCUT2D eigenvalue weighted by atomic mass is 35.7. The van der Waals surface area contributed by atoms with Gasteiger partial charge in [0.1, 0.15) is 0 Å². The molecule has 22 heavy (non-hydrogen) atoms. The molecule has 3 aliphatic rings. The lowest BCUT2D eigenvalue weighted by atomic mass is 10.0. The highest BCUT2D eigenvalue weighted by Gasteiger charge is 2.39. The van der Waals surface area contributed by atoms with Crippen molar-refractivity contribution in [3.05, 3.63) is 0 Å². The molecule has 1 unspecified atom stereocenters. The van der Waals surface area contributed by atoms with E-state index < -0.39 is 9.05 Å². The summed E-state index contributed by atoms with van der Waals surface area (Å²) in [4.78, 5) is 27.8. The van der Waals surface area contributed by atoms with Crippen LogP contribution in [0.5, 0.6) is 0 Å². The smallest absolute Gasteiger partial charge is 0.232 e. The van der Waals surface area contributed by atoms with Crippen LogP contribution in [0.15, 0.2) is 0 Å². The lowest BCUT2D eigenvalue weighted by molar-refractivity contribution is -0.135. The van der Waals surface area contributed by atoms with Gasteiger partial charge in [-0.3, -0.25) is 9.59 Å². The molecule has 3 rings (SSSR count). The summed E-state index contributed by atoms with van der Waals surface area (Å²) in [6.45, 7) is 1.86. The highest BCUT2D eigenvalue weighted by Crippen LogP contribution is 2.33. The molecule has 1 saturated carbocycles. The third-order valence-electron chi connectivity index (χ3n) is 4.82. The first kappa shape index (κ1) is 16.1. The van der Waals surface area contributed by atoms with Crippen LogP contribution < -0.4 is 0 Å². The Morgan fingerprint density at radius 3 is 2.36 bits per heavy atom. The van der Waals surface area contributed by atoms with Crippen molar-refractivity contribution in [1.82, 2.24) is 9.80 Å². The summed E-state index contributed by atoms with van der Waals surface area (Å²) in [6, 6.07) is 0.124. The van der Waals surface area contributed by atoms with Crippen molar-refractivity contribution >= 4 is 31.5 Å². The molecule has 0 spiro atoms. The molecule has 0 bridgehead atoms. The summed E-state index contributed by atoms with van der Waals surface area (Å²) < 4.78 is 22.3. The second kappa shape index (κ2) is 6.00. The molecular formula is C14H21ClN2O4S. The van der Waals surface area contributed by atoms with Crippen LogP contribution in [-0.4, -0.2) is 61.5 Å². The molecule has 1 aliphatic carbocycles. The number of nitrogens with zero attached hydrogens (tertiary/aromatic N) is 2. The Bertz CT molecular complexity index is 567. The maximum atomic E-state index is 12.1. The van der Waals surface area contributed by atoms with Crippen LogP contribution in [-0.2, 0) is 18.6 Å². The molecule has 0 aromatic rings. The van der Waals surface area contributed by atoms with E-state index in [0.717, 1.165) is 25.7 Å². The van der Waals surface area contributed by atoms with Gasteiger partial charge >= 0.3 is 0 Å². The first-order valence-electron chi connectivity index (χ1n) is 7.84. The standard InChI is InChI=1S/C14H21ClN2O4S/c15-22(20,21)9-10-7-13(18)17(8-10)12-3-5-16(6-4-12)14(19)11-1-2-11/h10-12H,1-9H2. The molecule has 124 valence electrons. The number of piperidine rings is 1. The molecule has 2 saturated heterocycles. The summed E-state index contributed by atoms with van der Waals surface area (Å²) in [5.41, 5.74) is 0. The van der Waals surface area contributed by atoms with Crippen LogP contribution in [0, 0.1) is 11.8 Å². The summed E-state index contributed by atoms with van der Waals surface area (Å²) in [7, 11) is 1.71. The molecular weight excluding hydrogens is 328 g/mol. The average molecular weight is 349 g/mol. The minimum atomic E-state index is -3.57. The summed E-state index contributed by atoms with van der Waals surface area (Å²) in [6.07, 6.45) is 3.85. The molecule has 3 fully saturated rings. The van der Waals surface area contributed by atoms with Gasteiger partial charge in [0.05, 0.1) is 5.75 Å². The van der Waals surface area contributed by atoms with Crippen LogP contribution in [0.4, 0.5) is 0 Å². The zero-order valence-electron chi connectivity index (χ0n) is 12.4. The van der Waals surface area contributed by atoms with Gasteiger partial charge in [-0.05, 0) is 25.7 Å². The van der Waals surface area contributed by atoms with Crippen molar-refractivity contribution in [2.75, 3.05) is 25.4 Å². The van der Waals surface area contributed by atoms with Gasteiger partial charge in [-0.15, -0.1) is 0 Å². The van der Waals surface area contributed by atoms with Crippen LogP contribution in [0.25, 0.3) is 0 Å². The quantitative estimate of drug-likeness (QED) is 0.704. The van der Waals surface area contributed by atoms with E-state index in [0.29, 0.717) is 19.6 Å². The molecule has 6 nitrogen and oxygen atoms in total. The van der Waals surface area contributed by atoms with E-state index in [-0.39, 0.29) is 41.9 Å². The molecule has 2 aliphatic heterocycles. The third-order valence-corrected chi connectivity index (χ3v) is 6.06. The van der Waals surface area contributed by atoms with Crippen molar-refractivity contribution in [3.63, 3.8) is 0 Å². The fraction of sp³-hybridized carbons (Fsp3) is 0.857. The van der Waals surface area contributed by atoms with E-state index in [1.807, 2.05) is 4.90 Å². The molecule has 2 heterocycles. The Morgan fingerprint density at radius 2 is 1.82 bits per heavy atom. The Morgan fingerprint density at radius 1 is 1.18 bits per heavy atom. The lowest BCUT2D eigenvalue weighted by Crippen LogP contribution is -2.47. The Balaban J connectivity index is 1.52. The first-order chi connectivity index (χ1) is 10.3. The van der Waals surface area contributed by atoms with Crippen molar-refractivity contribution in [2.45, 2.75) is 38.1 Å². The van der Waals surface area contributed by atoms with E-state index >= 15 is 0 Å². The zero-order chi connectivity index (χ0) is 15.9. The average Bonchev–Trinajstić information content (AvgIpc) is 3.21. The first-order valence-corrected chi connectivity index (χ1v) is 10.3. The zero-order valence-corrected chi connectivity index (χ0v) is 14.0. The number of carbonyl (C=O) groups excluding carboxylic acids is 2. The van der Waals surface area contributed by atoms with Gasteiger partial charge in [-0.1, -0.05) is 0 Å². The van der Waals surface area contributed by atoms with Gasteiger partial charge in [-0.25, -0.2) is 8.42 Å². The summed E-state index contributed by atoms with van der Waals surface area (Å²) in [5.74, 6) is 0.162. The topological polar surface area (TPSA) is 74.8 Å². The lowest BCUT2D eigenvalue weighted by Gasteiger charge is -2.37. The van der Waals surface area contributed by atoms with Crippen LogP contribution >= 0.6 is 10.7 Å². The number of halogens is 1. The minimum absolute atomic E-state index is 0.0114. The molecule has 0 aromatic carbocycles. The number of carbonyl (C=O) groups is 2. The summed E-state index contributed by atoms with van der Waals surface area (Å²) >= 11 is 0. The number of hydrogen-bond acceptors (Lipinski definition) is 4. The van der Waals surface area contributed by atoms with Gasteiger partial charge < -0.3 is 9.80 Å². The molecule has 2 amide bonds. The molecule has 8 heteroatoms. The maximum Gasteiger partial charge on any atom is 0.232 e. The van der Waals surface area contributed by atoms with Crippen LogP contribution in [0.3, 0.4) is 0 Å². The SMILES string of the molecule is O=C(C1CC1)N1CCC(N2CC(CS(=O)(=O)Cl)CC2=O)CC1. The molecule has 0 N–H and O–H groups in total. The molecule has 1 atom stereocenters. The van der Waals surface area contributed by atoms with Gasteiger partial charge in [0.15, 0.2) is 0 Å². The number of hydrogen-bond donors (Lipinski definition) is 0. The summed E-state index contributed by atoms with van der Waals surface area (Å²) in [5, 5.41) is 0. The van der Waals surface area contributed by atoms with Gasteiger partial charge in [0.25, 0.3) is 0 Å².